The molecule has 4 rings (SSSR count). The van der Waals surface area contributed by atoms with Gasteiger partial charge in [0.1, 0.15) is 5.82 Å². The van der Waals surface area contributed by atoms with Gasteiger partial charge in [-0.25, -0.2) is 9.48 Å². The number of fused-ring (bicyclic) bond motifs is 1. The summed E-state index contributed by atoms with van der Waals surface area (Å²) in [5.74, 6) is 0.717. The first-order valence-corrected chi connectivity index (χ1v) is 10.6. The first-order chi connectivity index (χ1) is 14.0. The number of aromatic nitrogens is 3. The standard InChI is InChI=1S/C22H30N4O3/c1-15-5-6-16(2)18(12-15)14-26-22(28)25-9-3-4-19(20(25)24-26)21(27)23-13-17-7-10-29-11-8-17/h5-6,12,17,19H,3-4,7-11,13-14H2,1-2H3,(H,23,27). The molecular formula is C22H30N4O3. The van der Waals surface area contributed by atoms with Crippen LogP contribution in [-0.2, 0) is 22.6 Å². The highest BCUT2D eigenvalue weighted by atomic mass is 16.5. The van der Waals surface area contributed by atoms with Gasteiger partial charge in [-0.2, -0.15) is 5.10 Å². The summed E-state index contributed by atoms with van der Waals surface area (Å²) in [5.41, 5.74) is 3.26. The minimum absolute atomic E-state index is 0.0127. The van der Waals surface area contributed by atoms with Crippen LogP contribution in [0.15, 0.2) is 23.0 Å². The van der Waals surface area contributed by atoms with E-state index in [2.05, 4.69) is 28.6 Å². The van der Waals surface area contributed by atoms with Gasteiger partial charge >= 0.3 is 5.69 Å². The molecule has 1 aromatic carbocycles. The maximum Gasteiger partial charge on any atom is 0.346 e. The summed E-state index contributed by atoms with van der Waals surface area (Å²) in [6.07, 6.45) is 3.53. The fraction of sp³-hybridized carbons (Fsp3) is 0.591. The minimum Gasteiger partial charge on any atom is -0.381 e. The number of hydrogen-bond donors (Lipinski definition) is 1. The second-order valence-corrected chi connectivity index (χ2v) is 8.38. The SMILES string of the molecule is Cc1ccc(C)c(Cn2nc3n(c2=O)CCCC3C(=O)NCC2CCOCC2)c1. The predicted octanol–water partition coefficient (Wildman–Crippen LogP) is 2.13. The molecule has 7 heteroatoms. The topological polar surface area (TPSA) is 78.2 Å². The van der Waals surface area contributed by atoms with Crippen molar-refractivity contribution in [1.29, 1.82) is 0 Å². The van der Waals surface area contributed by atoms with E-state index in [4.69, 9.17) is 4.74 Å². The Bertz CT molecular complexity index is 940. The molecule has 0 bridgehead atoms. The lowest BCUT2D eigenvalue weighted by atomic mass is 9.96. The Hall–Kier alpha value is -2.41. The molecule has 3 heterocycles. The van der Waals surface area contributed by atoms with Crippen molar-refractivity contribution in [3.8, 4) is 0 Å². The van der Waals surface area contributed by atoms with Crippen LogP contribution >= 0.6 is 0 Å². The number of benzene rings is 1. The number of nitrogens with zero attached hydrogens (tertiary/aromatic N) is 3. The van der Waals surface area contributed by atoms with Crippen LogP contribution in [0.2, 0.25) is 0 Å². The second kappa shape index (κ2) is 8.53. The minimum atomic E-state index is -0.351. The molecule has 0 spiro atoms. The van der Waals surface area contributed by atoms with Gasteiger partial charge in [0.25, 0.3) is 0 Å². The normalized spacial score (nSPS) is 19.7. The number of amides is 1. The zero-order valence-corrected chi connectivity index (χ0v) is 17.3. The van der Waals surface area contributed by atoms with E-state index in [1.54, 1.807) is 4.57 Å². The number of hydrogen-bond acceptors (Lipinski definition) is 4. The average Bonchev–Trinajstić information content (AvgIpc) is 3.05. The Morgan fingerprint density at radius 2 is 2.03 bits per heavy atom. The van der Waals surface area contributed by atoms with Crippen molar-refractivity contribution < 1.29 is 9.53 Å². The maximum atomic E-state index is 12.9. The second-order valence-electron chi connectivity index (χ2n) is 8.38. The van der Waals surface area contributed by atoms with Gasteiger partial charge in [-0.05, 0) is 56.6 Å². The van der Waals surface area contributed by atoms with Gasteiger partial charge in [0, 0.05) is 26.3 Å². The Morgan fingerprint density at radius 3 is 2.83 bits per heavy atom. The number of carbonyl (C=O) groups excluding carboxylic acids is 1. The molecule has 0 radical (unpaired) electrons. The zero-order chi connectivity index (χ0) is 20.4. The van der Waals surface area contributed by atoms with E-state index in [-0.39, 0.29) is 17.5 Å². The molecule has 2 aliphatic heterocycles. The summed E-state index contributed by atoms with van der Waals surface area (Å²) in [5, 5.41) is 7.70. The van der Waals surface area contributed by atoms with Crippen molar-refractivity contribution in [1.82, 2.24) is 19.7 Å². The van der Waals surface area contributed by atoms with Gasteiger partial charge in [-0.1, -0.05) is 23.8 Å². The fourth-order valence-electron chi connectivity index (χ4n) is 4.31. The van der Waals surface area contributed by atoms with Crippen LogP contribution in [-0.4, -0.2) is 40.0 Å². The lowest BCUT2D eigenvalue weighted by Gasteiger charge is -2.25. The molecule has 29 heavy (non-hydrogen) atoms. The van der Waals surface area contributed by atoms with Crippen molar-refractivity contribution in [2.75, 3.05) is 19.8 Å². The van der Waals surface area contributed by atoms with Crippen LogP contribution in [0.3, 0.4) is 0 Å². The van der Waals surface area contributed by atoms with E-state index in [0.29, 0.717) is 31.4 Å². The first-order valence-electron chi connectivity index (χ1n) is 10.6. The zero-order valence-electron chi connectivity index (χ0n) is 17.3. The molecule has 1 N–H and O–H groups in total. The number of rotatable bonds is 5. The van der Waals surface area contributed by atoms with Crippen LogP contribution in [0.25, 0.3) is 0 Å². The van der Waals surface area contributed by atoms with E-state index < -0.39 is 0 Å². The molecule has 1 fully saturated rings. The Kier molecular flexibility index (Phi) is 5.85. The van der Waals surface area contributed by atoms with Gasteiger partial charge in [-0.15, -0.1) is 0 Å². The summed E-state index contributed by atoms with van der Waals surface area (Å²) in [7, 11) is 0. The monoisotopic (exact) mass is 398 g/mol. The molecular weight excluding hydrogens is 368 g/mol. The van der Waals surface area contributed by atoms with Gasteiger partial charge < -0.3 is 10.1 Å². The van der Waals surface area contributed by atoms with E-state index in [9.17, 15) is 9.59 Å². The van der Waals surface area contributed by atoms with Crippen LogP contribution in [0.4, 0.5) is 0 Å². The summed E-state index contributed by atoms with van der Waals surface area (Å²) >= 11 is 0. The van der Waals surface area contributed by atoms with Crippen LogP contribution in [0, 0.1) is 19.8 Å². The largest absolute Gasteiger partial charge is 0.381 e. The Balaban J connectivity index is 1.51. The fourth-order valence-corrected chi connectivity index (χ4v) is 4.31. The van der Waals surface area contributed by atoms with Gasteiger partial charge in [-0.3, -0.25) is 9.36 Å². The number of carbonyl (C=O) groups is 1. The molecule has 0 saturated carbocycles. The summed E-state index contributed by atoms with van der Waals surface area (Å²) in [4.78, 5) is 25.8. The summed E-state index contributed by atoms with van der Waals surface area (Å²) < 4.78 is 8.59. The molecule has 1 atom stereocenters. The molecule has 1 amide bonds. The third kappa shape index (κ3) is 4.29. The van der Waals surface area contributed by atoms with Crippen molar-refractivity contribution in [3.63, 3.8) is 0 Å². The molecule has 156 valence electrons. The Labute approximate surface area is 171 Å². The molecule has 2 aliphatic rings. The molecule has 0 aliphatic carbocycles. The van der Waals surface area contributed by atoms with Crippen LogP contribution in [0.1, 0.15) is 54.1 Å². The molecule has 1 saturated heterocycles. The lowest BCUT2D eigenvalue weighted by molar-refractivity contribution is -0.123. The third-order valence-corrected chi connectivity index (χ3v) is 6.18. The molecule has 7 nitrogen and oxygen atoms in total. The summed E-state index contributed by atoms with van der Waals surface area (Å²) in [6, 6.07) is 6.23. The molecule has 2 aromatic rings. The Morgan fingerprint density at radius 1 is 1.24 bits per heavy atom. The van der Waals surface area contributed by atoms with E-state index in [0.717, 1.165) is 55.6 Å². The number of aryl methyl sites for hydroxylation is 2. The highest BCUT2D eigenvalue weighted by Gasteiger charge is 2.31. The predicted molar refractivity (Wildman–Crippen MR) is 110 cm³/mol. The highest BCUT2D eigenvalue weighted by molar-refractivity contribution is 5.82. The summed E-state index contributed by atoms with van der Waals surface area (Å²) in [6.45, 7) is 7.36. The van der Waals surface area contributed by atoms with Crippen molar-refractivity contribution in [2.45, 2.75) is 58.5 Å². The lowest BCUT2D eigenvalue weighted by Crippen LogP contribution is -2.38. The number of ether oxygens (including phenoxy) is 1. The smallest absolute Gasteiger partial charge is 0.346 e. The quantitative estimate of drug-likeness (QED) is 0.837. The van der Waals surface area contributed by atoms with E-state index in [1.165, 1.54) is 4.68 Å². The third-order valence-electron chi connectivity index (χ3n) is 6.18. The average molecular weight is 399 g/mol. The van der Waals surface area contributed by atoms with E-state index in [1.807, 2.05) is 13.8 Å². The van der Waals surface area contributed by atoms with Crippen molar-refractivity contribution in [3.05, 3.63) is 51.2 Å². The van der Waals surface area contributed by atoms with E-state index >= 15 is 0 Å². The maximum absolute atomic E-state index is 12.9. The van der Waals surface area contributed by atoms with Crippen LogP contribution < -0.4 is 11.0 Å². The van der Waals surface area contributed by atoms with Gasteiger partial charge in [0.05, 0.1) is 12.5 Å². The number of nitrogens with one attached hydrogen (secondary N) is 1. The van der Waals surface area contributed by atoms with Crippen molar-refractivity contribution in [2.24, 2.45) is 5.92 Å². The van der Waals surface area contributed by atoms with Gasteiger partial charge in [0.15, 0.2) is 0 Å². The molecule has 1 aromatic heterocycles. The highest BCUT2D eigenvalue weighted by Crippen LogP contribution is 2.25. The molecule has 1 unspecified atom stereocenters. The van der Waals surface area contributed by atoms with Crippen molar-refractivity contribution >= 4 is 5.91 Å². The van der Waals surface area contributed by atoms with Gasteiger partial charge in [0.2, 0.25) is 5.91 Å². The first kappa shape index (κ1) is 19.9. The van der Waals surface area contributed by atoms with Crippen LogP contribution in [0.5, 0.6) is 0 Å².